The lowest BCUT2D eigenvalue weighted by Gasteiger charge is -2.35. The highest BCUT2D eigenvalue weighted by Crippen LogP contribution is 2.30. The van der Waals surface area contributed by atoms with Crippen LogP contribution in [0.3, 0.4) is 0 Å². The molecule has 2 aromatic heterocycles. The van der Waals surface area contributed by atoms with Gasteiger partial charge in [-0.15, -0.1) is 21.5 Å². The molecule has 11 nitrogen and oxygen atoms in total. The Morgan fingerprint density at radius 1 is 1.08 bits per heavy atom. The average molecular weight is 742 g/mol. The van der Waals surface area contributed by atoms with Crippen molar-refractivity contribution in [1.29, 1.82) is 0 Å². The summed E-state index contributed by atoms with van der Waals surface area (Å²) in [4.78, 5) is 47.4. The van der Waals surface area contributed by atoms with Crippen LogP contribution in [0.4, 0.5) is 5.82 Å². The average Bonchev–Trinajstić information content (AvgIpc) is 3.73. The Morgan fingerprint density at radius 3 is 2.42 bits per heavy atom. The molecule has 1 saturated heterocycles. The minimum absolute atomic E-state index is 0.00773. The van der Waals surface area contributed by atoms with E-state index in [4.69, 9.17) is 17.3 Å². The number of carbonyl (C=O) groups excluding carboxylic acids is 3. The highest BCUT2D eigenvalue weighted by molar-refractivity contribution is 7.13. The number of aromatic nitrogens is 3. The van der Waals surface area contributed by atoms with Gasteiger partial charge < -0.3 is 26.4 Å². The van der Waals surface area contributed by atoms with E-state index in [1.165, 1.54) is 4.90 Å². The number of hydrogen-bond donors (Lipinski definition) is 4. The van der Waals surface area contributed by atoms with Crippen LogP contribution < -0.4 is 16.4 Å². The van der Waals surface area contributed by atoms with Crippen LogP contribution in [0.1, 0.15) is 76.2 Å². The lowest BCUT2D eigenvalue weighted by molar-refractivity contribution is -0.144. The number of aliphatic hydroxyl groups is 1. The molecule has 1 fully saturated rings. The summed E-state index contributed by atoms with van der Waals surface area (Å²) in [6.45, 7) is 9.45. The van der Waals surface area contributed by atoms with Crippen LogP contribution in [-0.2, 0) is 14.4 Å². The SMILES string of the molecule is Cc1ncsc1-c1ccc([C@H](C)NC(=O)[C@@H]2C[C@@H](O)CN2C(=O)C(NC(=O)CCCC#Cc2ccc(-c3cc(Cl)nnc3N)cc2)C(C)(C)C)cc1. The van der Waals surface area contributed by atoms with Crippen LogP contribution in [-0.4, -0.2) is 67.6 Å². The van der Waals surface area contributed by atoms with Crippen molar-refractivity contribution in [2.75, 3.05) is 12.3 Å². The number of carbonyl (C=O) groups is 3. The summed E-state index contributed by atoms with van der Waals surface area (Å²) < 4.78 is 0. The number of hydrogen-bond acceptors (Lipinski definition) is 9. The topological polar surface area (TPSA) is 163 Å². The van der Waals surface area contributed by atoms with Crippen molar-refractivity contribution in [2.24, 2.45) is 5.41 Å². The van der Waals surface area contributed by atoms with Crippen LogP contribution in [0.25, 0.3) is 21.6 Å². The largest absolute Gasteiger partial charge is 0.391 e. The van der Waals surface area contributed by atoms with E-state index in [0.29, 0.717) is 18.4 Å². The van der Waals surface area contributed by atoms with Crippen LogP contribution in [0, 0.1) is 24.2 Å². The number of thiazole rings is 1. The Kier molecular flexibility index (Phi) is 12.3. The molecule has 0 bridgehead atoms. The molecule has 5 rings (SSSR count). The van der Waals surface area contributed by atoms with E-state index in [1.54, 1.807) is 17.4 Å². The van der Waals surface area contributed by atoms with E-state index in [-0.39, 0.29) is 48.2 Å². The van der Waals surface area contributed by atoms with Crippen molar-refractivity contribution in [1.82, 2.24) is 30.7 Å². The van der Waals surface area contributed by atoms with Gasteiger partial charge in [0, 0.05) is 36.9 Å². The minimum atomic E-state index is -0.898. The quantitative estimate of drug-likeness (QED) is 0.119. The van der Waals surface area contributed by atoms with Gasteiger partial charge in [0.05, 0.1) is 28.2 Å². The van der Waals surface area contributed by atoms with Crippen molar-refractivity contribution in [3.8, 4) is 33.4 Å². The summed E-state index contributed by atoms with van der Waals surface area (Å²) >= 11 is 7.54. The molecule has 4 aromatic rings. The monoisotopic (exact) mass is 741 g/mol. The summed E-state index contributed by atoms with van der Waals surface area (Å²) in [7, 11) is 0. The number of rotatable bonds is 10. The van der Waals surface area contributed by atoms with Crippen molar-refractivity contribution in [3.63, 3.8) is 0 Å². The number of amides is 3. The number of anilines is 1. The molecule has 1 unspecified atom stereocenters. The van der Waals surface area contributed by atoms with Crippen molar-refractivity contribution < 1.29 is 19.5 Å². The number of aryl methyl sites for hydroxylation is 1. The molecular formula is C39H44ClN7O4S. The summed E-state index contributed by atoms with van der Waals surface area (Å²) in [6, 6.07) is 15.0. The van der Waals surface area contributed by atoms with Crippen LogP contribution in [0.15, 0.2) is 60.1 Å². The number of nitrogens with one attached hydrogen (secondary N) is 2. The van der Waals surface area contributed by atoms with E-state index in [1.807, 2.05) is 88.7 Å². The molecule has 0 radical (unpaired) electrons. The molecule has 2 aromatic carbocycles. The maximum atomic E-state index is 14.0. The number of β-amino-alcohol motifs (C(OH)–C–C–N with tert-alkyl or cyclic N) is 1. The smallest absolute Gasteiger partial charge is 0.246 e. The number of nitrogens with two attached hydrogens (primary N) is 1. The lowest BCUT2D eigenvalue weighted by Crippen LogP contribution is -2.57. The summed E-state index contributed by atoms with van der Waals surface area (Å²) in [5.41, 5.74) is 12.4. The van der Waals surface area contributed by atoms with E-state index in [9.17, 15) is 19.5 Å². The second-order valence-electron chi connectivity index (χ2n) is 14.1. The number of aliphatic hydroxyl groups excluding tert-OH is 1. The summed E-state index contributed by atoms with van der Waals surface area (Å²) in [5, 5.41) is 24.4. The van der Waals surface area contributed by atoms with Crippen molar-refractivity contribution in [3.05, 3.63) is 82.1 Å². The maximum Gasteiger partial charge on any atom is 0.246 e. The summed E-state index contributed by atoms with van der Waals surface area (Å²) in [5.74, 6) is 5.46. The third-order valence-electron chi connectivity index (χ3n) is 8.99. The zero-order chi connectivity index (χ0) is 37.6. The molecule has 0 aliphatic carbocycles. The van der Waals surface area contributed by atoms with Gasteiger partial charge in [-0.25, -0.2) is 4.98 Å². The minimum Gasteiger partial charge on any atom is -0.391 e. The fourth-order valence-corrected chi connectivity index (χ4v) is 7.05. The number of unbranched alkanes of at least 4 members (excludes halogenated alkanes) is 1. The number of halogens is 1. The fourth-order valence-electron chi connectivity index (χ4n) is 6.09. The van der Waals surface area contributed by atoms with Crippen LogP contribution in [0.5, 0.6) is 0 Å². The Hall–Kier alpha value is -4.83. The molecule has 4 atom stereocenters. The second kappa shape index (κ2) is 16.7. The van der Waals surface area contributed by atoms with Gasteiger partial charge in [0.1, 0.15) is 12.1 Å². The van der Waals surface area contributed by atoms with Crippen molar-refractivity contribution >= 4 is 46.5 Å². The molecule has 5 N–H and O–H groups in total. The first-order valence-electron chi connectivity index (χ1n) is 17.2. The van der Waals surface area contributed by atoms with Gasteiger partial charge in [-0.3, -0.25) is 14.4 Å². The maximum absolute atomic E-state index is 14.0. The van der Waals surface area contributed by atoms with E-state index in [0.717, 1.165) is 32.8 Å². The van der Waals surface area contributed by atoms with Gasteiger partial charge in [0.2, 0.25) is 17.7 Å². The molecule has 3 heterocycles. The third-order valence-corrected chi connectivity index (χ3v) is 10.1. The van der Waals surface area contributed by atoms with Crippen LogP contribution in [0.2, 0.25) is 5.15 Å². The predicted octanol–water partition coefficient (Wildman–Crippen LogP) is 5.70. The van der Waals surface area contributed by atoms with Gasteiger partial charge in [0.25, 0.3) is 0 Å². The van der Waals surface area contributed by atoms with Crippen molar-refractivity contribution in [2.45, 2.75) is 84.5 Å². The predicted molar refractivity (Wildman–Crippen MR) is 204 cm³/mol. The molecule has 52 heavy (non-hydrogen) atoms. The molecule has 1 aliphatic heterocycles. The first-order valence-corrected chi connectivity index (χ1v) is 18.4. The second-order valence-corrected chi connectivity index (χ2v) is 15.3. The molecule has 0 saturated carbocycles. The molecule has 272 valence electrons. The number of benzene rings is 2. The van der Waals surface area contributed by atoms with Gasteiger partial charge in [-0.2, -0.15) is 0 Å². The molecule has 1 aliphatic rings. The highest BCUT2D eigenvalue weighted by Gasteiger charge is 2.44. The van der Waals surface area contributed by atoms with E-state index in [2.05, 4.69) is 37.7 Å². The molecule has 3 amide bonds. The zero-order valence-electron chi connectivity index (χ0n) is 29.9. The molecular weight excluding hydrogens is 698 g/mol. The van der Waals surface area contributed by atoms with Gasteiger partial charge in [-0.05, 0) is 60.6 Å². The van der Waals surface area contributed by atoms with Gasteiger partial charge >= 0.3 is 0 Å². The standard InChI is InChI=1S/C39H44ClN7O4S/c1-23(26-15-17-28(18-16-26)34-24(2)42-22-52-34)43-37(50)31-19-29(48)21-47(31)38(51)35(39(3,4)5)44-33(49)10-8-6-7-9-25-11-13-27(14-12-25)30-20-32(40)45-46-36(30)41/h11-18,20,22-23,29,31,35,48H,6,8,10,19,21H2,1-5H3,(H2,41,46)(H,43,50)(H,44,49)/t23-,29+,31-,35?/m0/s1. The highest BCUT2D eigenvalue weighted by atomic mass is 35.5. The van der Waals surface area contributed by atoms with Gasteiger partial charge in [-0.1, -0.05) is 80.6 Å². The Labute approximate surface area is 313 Å². The molecule has 13 heteroatoms. The van der Waals surface area contributed by atoms with E-state index >= 15 is 0 Å². The fraction of sp³-hybridized carbons (Fsp3) is 0.385. The normalized spacial score (nSPS) is 16.8. The van der Waals surface area contributed by atoms with Crippen LogP contribution >= 0.6 is 22.9 Å². The number of likely N-dealkylation sites (tertiary alicyclic amines) is 1. The number of nitrogen functional groups attached to an aromatic ring is 1. The first-order chi connectivity index (χ1) is 24.7. The van der Waals surface area contributed by atoms with Gasteiger partial charge in [0.15, 0.2) is 11.0 Å². The van der Waals surface area contributed by atoms with E-state index < -0.39 is 29.5 Å². The first kappa shape index (κ1) is 38.4. The Morgan fingerprint density at radius 2 is 1.77 bits per heavy atom. The lowest BCUT2D eigenvalue weighted by atomic mass is 9.85. The third kappa shape index (κ3) is 9.53. The Bertz CT molecular complexity index is 1970. The molecule has 0 spiro atoms. The number of nitrogens with zero attached hydrogens (tertiary/aromatic N) is 4. The zero-order valence-corrected chi connectivity index (χ0v) is 31.5. The summed E-state index contributed by atoms with van der Waals surface area (Å²) in [6.07, 6.45) is 0.409. The Balaban J connectivity index is 1.15.